The molecule has 4 aliphatic carbocycles. The van der Waals surface area contributed by atoms with Crippen LogP contribution >= 0.6 is 0 Å². The predicted molar refractivity (Wildman–Crippen MR) is 282 cm³/mol. The molecule has 354 valence electrons. The normalized spacial score (nSPS) is 28.4. The first-order valence-corrected chi connectivity index (χ1v) is 25.8. The summed E-state index contributed by atoms with van der Waals surface area (Å²) >= 11 is 0. The Morgan fingerprint density at radius 2 is 0.682 bits per heavy atom. The van der Waals surface area contributed by atoms with Crippen LogP contribution in [0.4, 0.5) is 0 Å². The zero-order valence-corrected chi connectivity index (χ0v) is 40.7. The Hall–Kier alpha value is -4.14. The Balaban J connectivity index is 1.24. The van der Waals surface area contributed by atoms with Gasteiger partial charge in [0, 0.05) is 114 Å². The Morgan fingerprint density at radius 1 is 0.379 bits per heavy atom. The molecular formula is C60H84N6. The van der Waals surface area contributed by atoms with Crippen LogP contribution in [0.1, 0.15) is 99.3 Å². The summed E-state index contributed by atoms with van der Waals surface area (Å²) in [6.45, 7) is 35.5. The first-order valence-electron chi connectivity index (χ1n) is 25.8. The average Bonchev–Trinajstić information content (AvgIpc) is 3.59. The fourth-order valence-electron chi connectivity index (χ4n) is 12.5. The summed E-state index contributed by atoms with van der Waals surface area (Å²) in [5.41, 5.74) is 6.86. The summed E-state index contributed by atoms with van der Waals surface area (Å²) in [4.78, 5) is 16.3. The van der Waals surface area contributed by atoms with Crippen molar-refractivity contribution in [2.75, 3.05) is 45.8 Å². The van der Waals surface area contributed by atoms with E-state index >= 15 is 0 Å². The molecule has 0 aromatic heterocycles. The predicted octanol–water partition coefficient (Wildman–Crippen LogP) is 11.7. The average molecular weight is 889 g/mol. The Kier molecular flexibility index (Phi) is 19.5. The molecule has 6 heteroatoms. The van der Waals surface area contributed by atoms with Gasteiger partial charge in [0.15, 0.2) is 0 Å². The Bertz CT molecular complexity index is 1960. The maximum Gasteiger partial charge on any atom is 0.0474 e. The maximum absolute atomic E-state index is 4.29. The Morgan fingerprint density at radius 3 is 1.02 bits per heavy atom. The van der Waals surface area contributed by atoms with E-state index in [1.165, 1.54) is 105 Å². The number of hydrogen-bond donors (Lipinski definition) is 0. The number of hydrogen-bond acceptors (Lipinski definition) is 6. The molecule has 3 saturated carbocycles. The minimum absolute atomic E-state index is 0.194. The molecule has 0 amide bonds. The zero-order chi connectivity index (χ0) is 46.1. The molecule has 6 nitrogen and oxygen atoms in total. The summed E-state index contributed by atoms with van der Waals surface area (Å²) in [5.74, 6) is 0. The van der Waals surface area contributed by atoms with Crippen LogP contribution in [0.5, 0.6) is 0 Å². The molecule has 0 radical (unpaired) electrons. The van der Waals surface area contributed by atoms with Crippen molar-refractivity contribution in [2.24, 2.45) is 0 Å². The van der Waals surface area contributed by atoms with Crippen molar-refractivity contribution in [1.29, 1.82) is 0 Å². The van der Waals surface area contributed by atoms with Gasteiger partial charge in [-0.15, -0.1) is 39.5 Å². The maximum atomic E-state index is 4.29. The van der Waals surface area contributed by atoms with E-state index in [1.807, 2.05) is 0 Å². The number of allylic oxidation sites excluding steroid dienone is 2. The number of fused-ring (bicyclic) bond motifs is 2. The minimum atomic E-state index is 0.194. The topological polar surface area (TPSA) is 19.4 Å². The summed E-state index contributed by atoms with van der Waals surface area (Å²) in [5, 5.41) is 0. The highest BCUT2D eigenvalue weighted by Gasteiger charge is 2.38. The van der Waals surface area contributed by atoms with E-state index in [1.54, 1.807) is 0 Å². The van der Waals surface area contributed by atoms with Crippen LogP contribution in [-0.4, -0.2) is 118 Å². The van der Waals surface area contributed by atoms with E-state index in [0.29, 0.717) is 36.3 Å². The van der Waals surface area contributed by atoms with Crippen LogP contribution in [-0.2, 0) is 26.2 Å². The van der Waals surface area contributed by atoms with Gasteiger partial charge in [-0.05, 0) is 66.4 Å². The van der Waals surface area contributed by atoms with Crippen molar-refractivity contribution in [3.63, 3.8) is 0 Å². The van der Waals surface area contributed by atoms with Crippen LogP contribution in [0.3, 0.4) is 0 Å². The molecule has 1 unspecified atom stereocenters. The standard InChI is InChI=1S/C60H84N6/c1-7-38-61-44-49-20-19-21-54(37-36-49)66(43-12-6)60-27-18-17-26-59(60)65(42-11-5)48-53-34-32-52(33-35-53)47-64(41-10-4)58-25-16-15-24-57(58)63(40-9-3)46-51-30-28-50(29-31-51)45-62(39-8-2)56-23-14-13-22-55(56)61/h7-12,19-21,28-37,54-60H,1-6,13-18,22-27,38-48H2/t54?,55-,56-,57-,58-,59-,60-/m1/s1. The molecule has 0 N–H and O–H groups in total. The summed E-state index contributed by atoms with van der Waals surface area (Å²) < 4.78 is 0. The number of benzene rings is 2. The van der Waals surface area contributed by atoms with Crippen molar-refractivity contribution >= 4 is 0 Å². The highest BCUT2D eigenvalue weighted by Crippen LogP contribution is 2.34. The molecule has 2 aromatic rings. The number of nitrogens with zero attached hydrogens (tertiary/aromatic N) is 6. The molecule has 9 rings (SSSR count). The Labute approximate surface area is 401 Å². The summed E-state index contributed by atoms with van der Waals surface area (Å²) in [6.07, 6.45) is 39.5. The SMILES string of the molecule is C=CCN1CC2=CC=CC(C=C2)N(CC=C)[C@@H]2CCCC[C@H]2N(CC=C)Cc2ccc(cc2)CN(CC=C)[C@@H]2CCCC[C@H]2N(CC=C)Cc2ccc(cc2)CN(CC=C)[C@@H]2CCCC[C@H]21. The lowest BCUT2D eigenvalue weighted by molar-refractivity contribution is 0.0501. The van der Waals surface area contributed by atoms with Gasteiger partial charge in [-0.2, -0.15) is 0 Å². The van der Waals surface area contributed by atoms with Crippen LogP contribution in [0.25, 0.3) is 0 Å². The summed E-state index contributed by atoms with van der Waals surface area (Å²) in [6, 6.07) is 22.0. The smallest absolute Gasteiger partial charge is 0.0474 e. The van der Waals surface area contributed by atoms with E-state index in [-0.39, 0.29) is 6.04 Å². The largest absolute Gasteiger partial charge is 0.291 e. The van der Waals surface area contributed by atoms with Crippen molar-refractivity contribution in [3.8, 4) is 0 Å². The highest BCUT2D eigenvalue weighted by molar-refractivity contribution is 5.33. The zero-order valence-electron chi connectivity index (χ0n) is 40.7. The molecule has 3 heterocycles. The molecule has 0 saturated heterocycles. The lowest BCUT2D eigenvalue weighted by Crippen LogP contribution is -2.55. The van der Waals surface area contributed by atoms with Gasteiger partial charge < -0.3 is 0 Å². The molecule has 66 heavy (non-hydrogen) atoms. The lowest BCUT2D eigenvalue weighted by Gasteiger charge is -2.46. The third kappa shape index (κ3) is 13.1. The summed E-state index contributed by atoms with van der Waals surface area (Å²) in [7, 11) is 0. The van der Waals surface area contributed by atoms with E-state index in [2.05, 4.69) is 184 Å². The first-order chi connectivity index (χ1) is 32.5. The van der Waals surface area contributed by atoms with Crippen LogP contribution in [0.15, 0.2) is 160 Å². The van der Waals surface area contributed by atoms with Gasteiger partial charge in [0.1, 0.15) is 0 Å². The number of rotatable bonds is 12. The second kappa shape index (κ2) is 25.8. The molecular weight excluding hydrogens is 805 g/mol. The quantitative estimate of drug-likeness (QED) is 0.196. The van der Waals surface area contributed by atoms with Gasteiger partial charge in [0.05, 0.1) is 0 Å². The highest BCUT2D eigenvalue weighted by atomic mass is 15.3. The lowest BCUT2D eigenvalue weighted by atomic mass is 9.86. The van der Waals surface area contributed by atoms with Gasteiger partial charge in [-0.3, -0.25) is 29.4 Å². The minimum Gasteiger partial charge on any atom is -0.291 e. The fourth-order valence-corrected chi connectivity index (χ4v) is 12.5. The van der Waals surface area contributed by atoms with Gasteiger partial charge in [0.25, 0.3) is 0 Å². The van der Waals surface area contributed by atoms with Crippen molar-refractivity contribution in [2.45, 2.75) is 146 Å². The van der Waals surface area contributed by atoms with Crippen molar-refractivity contribution in [1.82, 2.24) is 29.4 Å². The van der Waals surface area contributed by atoms with Gasteiger partial charge in [-0.25, -0.2) is 0 Å². The first kappa shape index (κ1) is 49.8. The second-order valence-electron chi connectivity index (χ2n) is 19.9. The van der Waals surface area contributed by atoms with Gasteiger partial charge in [-0.1, -0.05) is 154 Å². The molecule has 3 fully saturated rings. The molecule has 3 aliphatic heterocycles. The third-order valence-electron chi connectivity index (χ3n) is 15.5. The molecule has 0 spiro atoms. The molecule has 7 atom stereocenters. The van der Waals surface area contributed by atoms with Gasteiger partial charge >= 0.3 is 0 Å². The van der Waals surface area contributed by atoms with E-state index in [4.69, 9.17) is 0 Å². The van der Waals surface area contributed by atoms with Gasteiger partial charge in [0.2, 0.25) is 0 Å². The molecule has 2 aromatic carbocycles. The molecule has 7 aliphatic rings. The van der Waals surface area contributed by atoms with E-state index in [0.717, 1.165) is 72.0 Å². The van der Waals surface area contributed by atoms with E-state index < -0.39 is 0 Å². The van der Waals surface area contributed by atoms with Crippen molar-refractivity contribution < 1.29 is 0 Å². The van der Waals surface area contributed by atoms with Crippen LogP contribution < -0.4 is 0 Å². The van der Waals surface area contributed by atoms with Crippen LogP contribution in [0, 0.1) is 0 Å². The van der Waals surface area contributed by atoms with Crippen LogP contribution in [0.2, 0.25) is 0 Å². The second-order valence-corrected chi connectivity index (χ2v) is 19.9. The monoisotopic (exact) mass is 889 g/mol. The van der Waals surface area contributed by atoms with E-state index in [9.17, 15) is 0 Å². The fraction of sp³-hybridized carbons (Fsp3) is 0.500. The third-order valence-corrected chi connectivity index (χ3v) is 15.5. The van der Waals surface area contributed by atoms with Crippen molar-refractivity contribution in [3.05, 3.63) is 183 Å². The molecule has 6 bridgehead atoms.